The average Bonchev–Trinajstić information content (AvgIpc) is 3.22. The highest BCUT2D eigenvalue weighted by molar-refractivity contribution is 7.90. The van der Waals surface area contributed by atoms with Crippen LogP contribution < -0.4 is 0 Å². The summed E-state index contributed by atoms with van der Waals surface area (Å²) < 4.78 is 23.9. The molecule has 31 heavy (non-hydrogen) atoms. The lowest BCUT2D eigenvalue weighted by molar-refractivity contribution is 0.0591. The summed E-state index contributed by atoms with van der Waals surface area (Å²) in [6.07, 6.45) is 3.21. The van der Waals surface area contributed by atoms with Gasteiger partial charge >= 0.3 is 0 Å². The Labute approximate surface area is 185 Å². The predicted molar refractivity (Wildman–Crippen MR) is 118 cm³/mol. The highest BCUT2D eigenvalue weighted by Crippen LogP contribution is 2.45. The van der Waals surface area contributed by atoms with Gasteiger partial charge in [0.15, 0.2) is 0 Å². The van der Waals surface area contributed by atoms with Gasteiger partial charge in [-0.1, -0.05) is 13.0 Å². The number of hydrogen-bond donors (Lipinski definition) is 0. The lowest BCUT2D eigenvalue weighted by atomic mass is 10.0. The topological polar surface area (TPSA) is 106 Å². The van der Waals surface area contributed by atoms with Gasteiger partial charge in [-0.15, -0.1) is 11.3 Å². The summed E-state index contributed by atoms with van der Waals surface area (Å²) in [4.78, 5) is 33.2. The molecule has 0 N–H and O–H groups in total. The SMILES string of the molecule is CCc1cnc(S(C)(=O)=O)nc1-c1nc2c(s1)C(C)(C)N(Cc1cccc(C)n1)C2=O. The van der Waals surface area contributed by atoms with Crippen molar-refractivity contribution < 1.29 is 13.2 Å². The zero-order chi connectivity index (χ0) is 22.6. The van der Waals surface area contributed by atoms with E-state index < -0.39 is 15.4 Å². The number of fused-ring (bicyclic) bond motifs is 1. The molecular weight excluding hydrogens is 434 g/mol. The first-order chi connectivity index (χ1) is 14.5. The van der Waals surface area contributed by atoms with Crippen molar-refractivity contribution in [3.63, 3.8) is 0 Å². The second kappa shape index (κ2) is 7.45. The number of rotatable bonds is 5. The number of thiazole rings is 1. The molecule has 4 heterocycles. The largest absolute Gasteiger partial charge is 0.321 e. The van der Waals surface area contributed by atoms with Crippen molar-refractivity contribution in [3.05, 3.63) is 51.9 Å². The number of hydrogen-bond acceptors (Lipinski definition) is 8. The third kappa shape index (κ3) is 3.74. The first kappa shape index (κ1) is 21.5. The van der Waals surface area contributed by atoms with Gasteiger partial charge in [0.2, 0.25) is 15.0 Å². The normalized spacial score (nSPS) is 15.4. The first-order valence-corrected chi connectivity index (χ1v) is 12.5. The molecule has 0 radical (unpaired) electrons. The molecule has 0 spiro atoms. The Morgan fingerprint density at radius 3 is 2.48 bits per heavy atom. The molecule has 10 heteroatoms. The number of pyridine rings is 1. The Morgan fingerprint density at radius 1 is 1.13 bits per heavy atom. The average molecular weight is 458 g/mol. The van der Waals surface area contributed by atoms with E-state index in [1.165, 1.54) is 17.5 Å². The standard InChI is InChI=1S/C21H23N5O3S2/c1-6-13-10-22-20(31(5,28)29)25-15(13)18-24-16-17(30-18)21(3,4)26(19(16)27)11-14-9-7-8-12(2)23-14/h7-10H,6,11H2,1-5H3. The fraction of sp³-hybridized carbons (Fsp3) is 0.381. The van der Waals surface area contributed by atoms with Gasteiger partial charge in [-0.05, 0) is 44.9 Å². The summed E-state index contributed by atoms with van der Waals surface area (Å²) in [5.74, 6) is -0.166. The van der Waals surface area contributed by atoms with Crippen LogP contribution in [0.1, 0.15) is 53.1 Å². The minimum atomic E-state index is -3.56. The van der Waals surface area contributed by atoms with Crippen molar-refractivity contribution in [2.75, 3.05) is 6.26 Å². The Kier molecular flexibility index (Phi) is 5.17. The minimum Gasteiger partial charge on any atom is -0.321 e. The van der Waals surface area contributed by atoms with E-state index in [9.17, 15) is 13.2 Å². The first-order valence-electron chi connectivity index (χ1n) is 9.84. The highest BCUT2D eigenvalue weighted by atomic mass is 32.2. The second-order valence-electron chi connectivity index (χ2n) is 8.07. The number of nitrogens with zero attached hydrogens (tertiary/aromatic N) is 5. The fourth-order valence-corrected chi connectivity index (χ4v) is 5.31. The Hall–Kier alpha value is -2.72. The molecule has 1 aliphatic heterocycles. The van der Waals surface area contributed by atoms with Crippen LogP contribution in [0.15, 0.2) is 29.6 Å². The van der Waals surface area contributed by atoms with Crippen molar-refractivity contribution in [2.24, 2.45) is 0 Å². The fourth-order valence-electron chi connectivity index (χ4n) is 3.62. The summed E-state index contributed by atoms with van der Waals surface area (Å²) >= 11 is 1.37. The summed E-state index contributed by atoms with van der Waals surface area (Å²) in [5, 5.41) is 0.289. The number of carbonyl (C=O) groups excluding carboxylic acids is 1. The van der Waals surface area contributed by atoms with Gasteiger partial charge in [-0.25, -0.2) is 23.4 Å². The molecule has 0 saturated heterocycles. The van der Waals surface area contributed by atoms with Crippen LogP contribution >= 0.6 is 11.3 Å². The third-order valence-electron chi connectivity index (χ3n) is 5.33. The number of sulfone groups is 1. The van der Waals surface area contributed by atoms with E-state index in [4.69, 9.17) is 0 Å². The van der Waals surface area contributed by atoms with Crippen molar-refractivity contribution in [2.45, 2.75) is 51.4 Å². The van der Waals surface area contributed by atoms with Gasteiger partial charge in [-0.3, -0.25) is 9.78 Å². The number of amides is 1. The molecular formula is C21H23N5O3S2. The maximum Gasteiger partial charge on any atom is 0.274 e. The molecule has 0 saturated carbocycles. The van der Waals surface area contributed by atoms with E-state index in [-0.39, 0.29) is 11.1 Å². The Bertz CT molecular complexity index is 1300. The summed E-state index contributed by atoms with van der Waals surface area (Å²) in [7, 11) is -3.56. The molecule has 0 aliphatic carbocycles. The zero-order valence-electron chi connectivity index (χ0n) is 18.0. The number of aromatic nitrogens is 4. The summed E-state index contributed by atoms with van der Waals surface area (Å²) in [6.45, 7) is 8.21. The molecule has 1 aliphatic rings. The van der Waals surface area contributed by atoms with Gasteiger partial charge in [-0.2, -0.15) is 0 Å². The van der Waals surface area contributed by atoms with Crippen LogP contribution in [0, 0.1) is 6.92 Å². The quantitative estimate of drug-likeness (QED) is 0.542. The van der Waals surface area contributed by atoms with Crippen LogP contribution in [0.5, 0.6) is 0 Å². The molecule has 0 bridgehead atoms. The van der Waals surface area contributed by atoms with Crippen molar-refractivity contribution in [1.82, 2.24) is 24.8 Å². The van der Waals surface area contributed by atoms with Crippen molar-refractivity contribution >= 4 is 27.1 Å². The molecule has 0 unspecified atom stereocenters. The number of aryl methyl sites for hydroxylation is 2. The van der Waals surface area contributed by atoms with Crippen LogP contribution in [0.25, 0.3) is 10.7 Å². The third-order valence-corrected chi connectivity index (χ3v) is 7.56. The molecule has 4 rings (SSSR count). The van der Waals surface area contributed by atoms with Gasteiger partial charge in [0.05, 0.1) is 22.7 Å². The maximum atomic E-state index is 13.2. The predicted octanol–water partition coefficient (Wildman–Crippen LogP) is 3.16. The molecule has 0 aromatic carbocycles. The number of carbonyl (C=O) groups is 1. The molecule has 0 fully saturated rings. The van der Waals surface area contributed by atoms with E-state index in [1.54, 1.807) is 4.90 Å². The van der Waals surface area contributed by atoms with E-state index in [0.29, 0.717) is 29.4 Å². The highest BCUT2D eigenvalue weighted by Gasteiger charge is 2.46. The lowest BCUT2D eigenvalue weighted by Gasteiger charge is -2.31. The van der Waals surface area contributed by atoms with E-state index in [0.717, 1.165) is 28.1 Å². The van der Waals surface area contributed by atoms with Crippen LogP contribution in [-0.2, 0) is 28.3 Å². The Morgan fingerprint density at radius 2 is 1.87 bits per heavy atom. The van der Waals surface area contributed by atoms with Gasteiger partial charge < -0.3 is 4.90 Å². The van der Waals surface area contributed by atoms with Gasteiger partial charge in [0.25, 0.3) is 5.91 Å². The minimum absolute atomic E-state index is 0.166. The summed E-state index contributed by atoms with van der Waals surface area (Å²) in [6, 6.07) is 5.75. The van der Waals surface area contributed by atoms with Gasteiger partial charge in [0.1, 0.15) is 16.4 Å². The smallest absolute Gasteiger partial charge is 0.274 e. The maximum absolute atomic E-state index is 13.2. The van der Waals surface area contributed by atoms with E-state index in [2.05, 4.69) is 19.9 Å². The Balaban J connectivity index is 1.75. The van der Waals surface area contributed by atoms with Crippen molar-refractivity contribution in [3.8, 4) is 10.7 Å². The zero-order valence-corrected chi connectivity index (χ0v) is 19.6. The summed E-state index contributed by atoms with van der Waals surface area (Å²) in [5.41, 5.74) is 2.78. The molecule has 1 amide bonds. The molecule has 162 valence electrons. The second-order valence-corrected chi connectivity index (χ2v) is 11.0. The van der Waals surface area contributed by atoms with E-state index in [1.807, 2.05) is 45.9 Å². The molecule has 0 atom stereocenters. The molecule has 3 aromatic rings. The van der Waals surface area contributed by atoms with Crippen molar-refractivity contribution in [1.29, 1.82) is 0 Å². The molecule has 3 aromatic heterocycles. The van der Waals surface area contributed by atoms with Crippen LogP contribution in [0.3, 0.4) is 0 Å². The van der Waals surface area contributed by atoms with E-state index >= 15 is 0 Å². The van der Waals surface area contributed by atoms with Gasteiger partial charge in [0, 0.05) is 18.1 Å². The monoisotopic (exact) mass is 457 g/mol. The van der Waals surface area contributed by atoms with Crippen LogP contribution in [-0.4, -0.2) is 45.4 Å². The van der Waals surface area contributed by atoms with Crippen LogP contribution in [0.2, 0.25) is 0 Å². The molecule has 8 nitrogen and oxygen atoms in total. The lowest BCUT2D eigenvalue weighted by Crippen LogP contribution is -2.38. The van der Waals surface area contributed by atoms with Crippen LogP contribution in [0.4, 0.5) is 0 Å².